The van der Waals surface area contributed by atoms with Crippen molar-refractivity contribution in [2.45, 2.75) is 30.4 Å². The van der Waals surface area contributed by atoms with Crippen molar-refractivity contribution in [3.8, 4) is 0 Å². The molecule has 2 saturated heterocycles. The van der Waals surface area contributed by atoms with Crippen molar-refractivity contribution in [1.82, 2.24) is 10.2 Å². The number of rotatable bonds is 1. The first-order valence-corrected chi connectivity index (χ1v) is 5.25. The molecular formula is C9H18N2O4. The van der Waals surface area contributed by atoms with Crippen molar-refractivity contribution in [2.24, 2.45) is 0 Å². The summed E-state index contributed by atoms with van der Waals surface area (Å²) in [7, 11) is 0. The van der Waals surface area contributed by atoms with Gasteiger partial charge in [0.15, 0.2) is 0 Å². The molecule has 6 nitrogen and oxygen atoms in total. The molecule has 0 spiro atoms. The number of piperidine rings is 1. The summed E-state index contributed by atoms with van der Waals surface area (Å²) in [6, 6.07) is 0. The third-order valence-electron chi connectivity index (χ3n) is 3.32. The van der Waals surface area contributed by atoms with Crippen LogP contribution in [0.1, 0.15) is 6.42 Å². The summed E-state index contributed by atoms with van der Waals surface area (Å²) in [4.78, 5) is 1.86. The second kappa shape index (κ2) is 3.97. The first kappa shape index (κ1) is 11.3. The van der Waals surface area contributed by atoms with Crippen molar-refractivity contribution >= 4 is 0 Å². The van der Waals surface area contributed by atoms with Gasteiger partial charge in [0.25, 0.3) is 0 Å². The Kier molecular flexibility index (Phi) is 2.98. The molecule has 0 aliphatic carbocycles. The van der Waals surface area contributed by atoms with Crippen LogP contribution < -0.4 is 5.32 Å². The van der Waals surface area contributed by atoms with Crippen LogP contribution in [0.2, 0.25) is 0 Å². The SMILES string of the molecule is OC[C@@]1(O)CN2CCCN[C@H]2[C@H](O)[C@H]1O. The smallest absolute Gasteiger partial charge is 0.129 e. The average molecular weight is 218 g/mol. The van der Waals surface area contributed by atoms with E-state index in [1.54, 1.807) is 0 Å². The van der Waals surface area contributed by atoms with Crippen LogP contribution in [0.15, 0.2) is 0 Å². The molecule has 0 radical (unpaired) electrons. The molecule has 0 aromatic heterocycles. The maximum atomic E-state index is 9.93. The van der Waals surface area contributed by atoms with E-state index in [9.17, 15) is 15.3 Å². The highest BCUT2D eigenvalue weighted by Gasteiger charge is 2.50. The highest BCUT2D eigenvalue weighted by molar-refractivity contribution is 5.03. The number of fused-ring (bicyclic) bond motifs is 1. The Morgan fingerprint density at radius 1 is 1.40 bits per heavy atom. The van der Waals surface area contributed by atoms with Gasteiger partial charge < -0.3 is 20.4 Å². The predicted molar refractivity (Wildman–Crippen MR) is 52.0 cm³/mol. The van der Waals surface area contributed by atoms with Gasteiger partial charge in [-0.1, -0.05) is 0 Å². The van der Waals surface area contributed by atoms with Gasteiger partial charge in [-0.15, -0.1) is 0 Å². The van der Waals surface area contributed by atoms with E-state index in [4.69, 9.17) is 5.11 Å². The minimum Gasteiger partial charge on any atom is -0.393 e. The largest absolute Gasteiger partial charge is 0.393 e. The molecule has 88 valence electrons. The van der Waals surface area contributed by atoms with E-state index in [-0.39, 0.29) is 12.7 Å². The molecule has 2 aliphatic rings. The Morgan fingerprint density at radius 3 is 2.80 bits per heavy atom. The van der Waals surface area contributed by atoms with Gasteiger partial charge in [-0.3, -0.25) is 10.2 Å². The highest BCUT2D eigenvalue weighted by atomic mass is 16.4. The lowest BCUT2D eigenvalue weighted by Crippen LogP contribution is -2.73. The van der Waals surface area contributed by atoms with Crippen molar-refractivity contribution in [1.29, 1.82) is 0 Å². The van der Waals surface area contributed by atoms with E-state index in [2.05, 4.69) is 5.32 Å². The van der Waals surface area contributed by atoms with Crippen LogP contribution in [0.5, 0.6) is 0 Å². The summed E-state index contributed by atoms with van der Waals surface area (Å²) < 4.78 is 0. The lowest BCUT2D eigenvalue weighted by Gasteiger charge is -2.51. The fraction of sp³-hybridized carbons (Fsp3) is 1.00. The molecule has 0 amide bonds. The number of nitrogens with zero attached hydrogens (tertiary/aromatic N) is 1. The molecule has 2 heterocycles. The van der Waals surface area contributed by atoms with Crippen LogP contribution in [0, 0.1) is 0 Å². The van der Waals surface area contributed by atoms with Gasteiger partial charge in [0, 0.05) is 13.1 Å². The zero-order chi connectivity index (χ0) is 11.1. The molecule has 0 saturated carbocycles. The molecule has 0 aromatic rings. The van der Waals surface area contributed by atoms with Gasteiger partial charge in [0.05, 0.1) is 12.8 Å². The summed E-state index contributed by atoms with van der Waals surface area (Å²) in [5.41, 5.74) is -1.62. The number of nitrogens with one attached hydrogen (secondary N) is 1. The Morgan fingerprint density at radius 2 is 2.13 bits per heavy atom. The Balaban J connectivity index is 2.17. The van der Waals surface area contributed by atoms with Crippen LogP contribution in [-0.2, 0) is 0 Å². The molecule has 15 heavy (non-hydrogen) atoms. The van der Waals surface area contributed by atoms with E-state index in [0.29, 0.717) is 0 Å². The van der Waals surface area contributed by atoms with Crippen molar-refractivity contribution < 1.29 is 20.4 Å². The van der Waals surface area contributed by atoms with Crippen molar-refractivity contribution in [3.63, 3.8) is 0 Å². The van der Waals surface area contributed by atoms with E-state index in [0.717, 1.165) is 19.5 Å². The van der Waals surface area contributed by atoms with Crippen molar-refractivity contribution in [3.05, 3.63) is 0 Å². The second-order valence-electron chi connectivity index (χ2n) is 4.42. The lowest BCUT2D eigenvalue weighted by atomic mass is 9.85. The van der Waals surface area contributed by atoms with Gasteiger partial charge in [0.1, 0.15) is 17.8 Å². The third-order valence-corrected chi connectivity index (χ3v) is 3.32. The van der Waals surface area contributed by atoms with Gasteiger partial charge in [-0.25, -0.2) is 0 Å². The summed E-state index contributed by atoms with van der Waals surface area (Å²) in [6.07, 6.45) is -1.77. The van der Waals surface area contributed by atoms with Gasteiger partial charge in [0.2, 0.25) is 0 Å². The Bertz CT molecular complexity index is 236. The van der Waals surface area contributed by atoms with E-state index in [1.165, 1.54) is 0 Å². The minimum absolute atomic E-state index is 0.180. The maximum absolute atomic E-state index is 9.93. The number of aliphatic hydroxyl groups is 4. The van der Waals surface area contributed by atoms with Crippen LogP contribution in [0.3, 0.4) is 0 Å². The third kappa shape index (κ3) is 1.77. The summed E-state index contributed by atoms with van der Waals surface area (Å²) in [5, 5.41) is 41.6. The van der Waals surface area contributed by atoms with Crippen LogP contribution >= 0.6 is 0 Å². The molecule has 0 bridgehead atoms. The Hall–Kier alpha value is -0.240. The standard InChI is InChI=1S/C9H18N2O4/c12-5-9(15)4-11-3-1-2-10-8(11)6(13)7(9)14/h6-8,10,12-15H,1-5H2/t6-,7-,8-,9+/m1/s1. The number of hydrogen-bond acceptors (Lipinski definition) is 6. The average Bonchev–Trinajstić information content (AvgIpc) is 2.26. The summed E-state index contributed by atoms with van der Waals surface area (Å²) in [5.74, 6) is 0. The van der Waals surface area contributed by atoms with Gasteiger partial charge in [-0.05, 0) is 13.0 Å². The fourth-order valence-electron chi connectivity index (χ4n) is 2.39. The Labute approximate surface area is 88.1 Å². The maximum Gasteiger partial charge on any atom is 0.129 e. The minimum atomic E-state index is -1.62. The predicted octanol–water partition coefficient (Wildman–Crippen LogP) is -2.93. The number of aliphatic hydroxyl groups excluding tert-OH is 3. The molecule has 2 rings (SSSR count). The van der Waals surface area contributed by atoms with Crippen LogP contribution in [0.4, 0.5) is 0 Å². The molecule has 5 N–H and O–H groups in total. The topological polar surface area (TPSA) is 96.2 Å². The van der Waals surface area contributed by atoms with Gasteiger partial charge >= 0.3 is 0 Å². The molecule has 0 unspecified atom stereocenters. The molecule has 4 atom stereocenters. The monoisotopic (exact) mass is 218 g/mol. The van der Waals surface area contributed by atoms with E-state index in [1.807, 2.05) is 4.90 Å². The highest BCUT2D eigenvalue weighted by Crippen LogP contribution is 2.26. The zero-order valence-corrected chi connectivity index (χ0v) is 8.50. The quantitative estimate of drug-likeness (QED) is 0.323. The summed E-state index contributed by atoms with van der Waals surface area (Å²) >= 11 is 0. The van der Waals surface area contributed by atoms with E-state index < -0.39 is 24.4 Å². The number of hydrogen-bond donors (Lipinski definition) is 5. The second-order valence-corrected chi connectivity index (χ2v) is 4.42. The molecular weight excluding hydrogens is 200 g/mol. The normalized spacial score (nSPS) is 47.6. The first-order valence-electron chi connectivity index (χ1n) is 5.25. The zero-order valence-electron chi connectivity index (χ0n) is 8.50. The fourth-order valence-corrected chi connectivity index (χ4v) is 2.39. The van der Waals surface area contributed by atoms with Gasteiger partial charge in [-0.2, -0.15) is 0 Å². The van der Waals surface area contributed by atoms with Crippen LogP contribution in [-0.4, -0.2) is 75.5 Å². The van der Waals surface area contributed by atoms with E-state index >= 15 is 0 Å². The summed E-state index contributed by atoms with van der Waals surface area (Å²) in [6.45, 7) is 1.18. The lowest BCUT2D eigenvalue weighted by molar-refractivity contribution is -0.212. The molecule has 2 fully saturated rings. The van der Waals surface area contributed by atoms with Crippen LogP contribution in [0.25, 0.3) is 0 Å². The molecule has 6 heteroatoms. The first-order chi connectivity index (χ1) is 7.08. The molecule has 2 aliphatic heterocycles. The van der Waals surface area contributed by atoms with Crippen molar-refractivity contribution in [2.75, 3.05) is 26.2 Å². The molecule has 0 aromatic carbocycles.